The van der Waals surface area contributed by atoms with Gasteiger partial charge in [-0.05, 0) is 48.7 Å². The van der Waals surface area contributed by atoms with Crippen LogP contribution in [-0.4, -0.2) is 19.0 Å². The molecule has 0 radical (unpaired) electrons. The molecule has 2 aromatic rings. The Morgan fingerprint density at radius 3 is 2.75 bits per heavy atom. The van der Waals surface area contributed by atoms with Crippen LogP contribution in [0.3, 0.4) is 0 Å². The van der Waals surface area contributed by atoms with Crippen molar-refractivity contribution in [1.29, 1.82) is 5.26 Å². The van der Waals surface area contributed by atoms with Crippen LogP contribution in [0.1, 0.15) is 28.8 Å². The SMILES string of the molecule is N#CCc1cccc(C(=O)Nc2cc(F)cc(N3CCCC3)c2)c1. The minimum Gasteiger partial charge on any atom is -0.371 e. The summed E-state index contributed by atoms with van der Waals surface area (Å²) < 4.78 is 13.9. The molecule has 0 saturated carbocycles. The molecule has 1 saturated heterocycles. The van der Waals surface area contributed by atoms with E-state index in [-0.39, 0.29) is 18.1 Å². The van der Waals surface area contributed by atoms with Crippen LogP contribution >= 0.6 is 0 Å². The highest BCUT2D eigenvalue weighted by Gasteiger charge is 2.15. The average molecular weight is 323 g/mol. The lowest BCUT2D eigenvalue weighted by molar-refractivity contribution is 0.102. The van der Waals surface area contributed by atoms with E-state index in [0.717, 1.165) is 37.2 Å². The van der Waals surface area contributed by atoms with Crippen molar-refractivity contribution in [3.63, 3.8) is 0 Å². The van der Waals surface area contributed by atoms with Crippen LogP contribution in [0.25, 0.3) is 0 Å². The Morgan fingerprint density at radius 2 is 2.00 bits per heavy atom. The summed E-state index contributed by atoms with van der Waals surface area (Å²) >= 11 is 0. The Balaban J connectivity index is 1.79. The number of carbonyl (C=O) groups is 1. The molecule has 1 amide bonds. The van der Waals surface area contributed by atoms with E-state index < -0.39 is 0 Å². The third-order valence-corrected chi connectivity index (χ3v) is 4.08. The van der Waals surface area contributed by atoms with Crippen LogP contribution in [-0.2, 0) is 6.42 Å². The van der Waals surface area contributed by atoms with Crippen molar-refractivity contribution in [2.45, 2.75) is 19.3 Å². The van der Waals surface area contributed by atoms with Crippen molar-refractivity contribution in [3.8, 4) is 6.07 Å². The lowest BCUT2D eigenvalue weighted by atomic mass is 10.1. The third-order valence-electron chi connectivity index (χ3n) is 4.08. The van der Waals surface area contributed by atoms with Gasteiger partial charge in [0, 0.05) is 30.0 Å². The van der Waals surface area contributed by atoms with Crippen molar-refractivity contribution in [2.75, 3.05) is 23.3 Å². The van der Waals surface area contributed by atoms with Gasteiger partial charge in [0.05, 0.1) is 12.5 Å². The van der Waals surface area contributed by atoms with Crippen LogP contribution in [0.2, 0.25) is 0 Å². The van der Waals surface area contributed by atoms with E-state index in [0.29, 0.717) is 11.3 Å². The fraction of sp³-hybridized carbons (Fsp3) is 0.263. The van der Waals surface area contributed by atoms with E-state index in [2.05, 4.69) is 16.3 Å². The Labute approximate surface area is 140 Å². The van der Waals surface area contributed by atoms with E-state index in [1.165, 1.54) is 12.1 Å². The molecule has 122 valence electrons. The number of benzene rings is 2. The number of amides is 1. The normalized spacial score (nSPS) is 13.6. The molecule has 3 rings (SSSR count). The zero-order chi connectivity index (χ0) is 16.9. The van der Waals surface area contributed by atoms with E-state index >= 15 is 0 Å². The highest BCUT2D eigenvalue weighted by Crippen LogP contribution is 2.25. The molecule has 1 fully saturated rings. The zero-order valence-electron chi connectivity index (χ0n) is 13.3. The van der Waals surface area contributed by atoms with Gasteiger partial charge < -0.3 is 10.2 Å². The van der Waals surface area contributed by atoms with Gasteiger partial charge >= 0.3 is 0 Å². The molecule has 5 heteroatoms. The largest absolute Gasteiger partial charge is 0.371 e. The van der Waals surface area contributed by atoms with Gasteiger partial charge in [-0.2, -0.15) is 5.26 Å². The predicted molar refractivity (Wildman–Crippen MR) is 91.6 cm³/mol. The molecule has 1 aliphatic rings. The Bertz CT molecular complexity index is 791. The molecule has 0 aliphatic carbocycles. The first-order valence-corrected chi connectivity index (χ1v) is 7.98. The maximum atomic E-state index is 13.9. The fourth-order valence-corrected chi connectivity index (χ4v) is 2.92. The zero-order valence-corrected chi connectivity index (χ0v) is 13.3. The minimum absolute atomic E-state index is 0.250. The number of carbonyl (C=O) groups excluding carboxylic acids is 1. The molecule has 0 atom stereocenters. The number of hydrogen-bond acceptors (Lipinski definition) is 3. The fourth-order valence-electron chi connectivity index (χ4n) is 2.92. The molecule has 4 nitrogen and oxygen atoms in total. The molecule has 0 unspecified atom stereocenters. The second-order valence-corrected chi connectivity index (χ2v) is 5.88. The van der Waals surface area contributed by atoms with Gasteiger partial charge in [0.1, 0.15) is 5.82 Å². The summed E-state index contributed by atoms with van der Waals surface area (Å²) in [5, 5.41) is 11.5. The second-order valence-electron chi connectivity index (χ2n) is 5.88. The van der Waals surface area contributed by atoms with Crippen LogP contribution in [0.5, 0.6) is 0 Å². The van der Waals surface area contributed by atoms with Crippen molar-refractivity contribution >= 4 is 17.3 Å². The summed E-state index contributed by atoms with van der Waals surface area (Å²) in [5.74, 6) is -0.680. The van der Waals surface area contributed by atoms with Crippen molar-refractivity contribution < 1.29 is 9.18 Å². The summed E-state index contributed by atoms with van der Waals surface area (Å²) in [7, 11) is 0. The molecule has 2 aromatic carbocycles. The Kier molecular flexibility index (Phi) is 4.76. The van der Waals surface area contributed by atoms with E-state index in [1.807, 2.05) is 0 Å². The first-order chi connectivity index (χ1) is 11.7. The lowest BCUT2D eigenvalue weighted by Crippen LogP contribution is -2.18. The summed E-state index contributed by atoms with van der Waals surface area (Å²) in [6.07, 6.45) is 2.45. The van der Waals surface area contributed by atoms with Crippen LogP contribution in [0.15, 0.2) is 42.5 Å². The molecule has 0 bridgehead atoms. The van der Waals surface area contributed by atoms with Crippen LogP contribution in [0.4, 0.5) is 15.8 Å². The number of nitrogens with zero attached hydrogens (tertiary/aromatic N) is 2. The second kappa shape index (κ2) is 7.14. The average Bonchev–Trinajstić information content (AvgIpc) is 3.09. The lowest BCUT2D eigenvalue weighted by Gasteiger charge is -2.19. The van der Waals surface area contributed by atoms with Gasteiger partial charge in [-0.1, -0.05) is 12.1 Å². The Hall–Kier alpha value is -2.87. The number of nitriles is 1. The van der Waals surface area contributed by atoms with E-state index in [4.69, 9.17) is 5.26 Å². The topological polar surface area (TPSA) is 56.1 Å². The summed E-state index contributed by atoms with van der Waals surface area (Å²) in [6.45, 7) is 1.82. The number of anilines is 2. The van der Waals surface area contributed by atoms with Gasteiger partial charge in [0.25, 0.3) is 5.91 Å². The monoisotopic (exact) mass is 323 g/mol. The number of hydrogen-bond donors (Lipinski definition) is 1. The number of nitrogens with one attached hydrogen (secondary N) is 1. The van der Waals surface area contributed by atoms with E-state index in [1.54, 1.807) is 30.3 Å². The minimum atomic E-state index is -0.368. The molecule has 0 spiro atoms. The first-order valence-electron chi connectivity index (χ1n) is 7.98. The van der Waals surface area contributed by atoms with Crippen molar-refractivity contribution in [1.82, 2.24) is 0 Å². The van der Waals surface area contributed by atoms with E-state index in [9.17, 15) is 9.18 Å². The number of rotatable bonds is 4. The van der Waals surface area contributed by atoms with Crippen LogP contribution < -0.4 is 10.2 Å². The molecule has 1 N–H and O–H groups in total. The molecule has 1 aliphatic heterocycles. The third kappa shape index (κ3) is 3.72. The van der Waals surface area contributed by atoms with Gasteiger partial charge in [0.2, 0.25) is 0 Å². The van der Waals surface area contributed by atoms with Gasteiger partial charge in [-0.25, -0.2) is 4.39 Å². The quantitative estimate of drug-likeness (QED) is 0.932. The highest BCUT2D eigenvalue weighted by atomic mass is 19.1. The highest BCUT2D eigenvalue weighted by molar-refractivity contribution is 6.04. The van der Waals surface area contributed by atoms with Crippen LogP contribution in [0, 0.1) is 17.1 Å². The first kappa shape index (κ1) is 16.0. The summed E-state index contributed by atoms with van der Waals surface area (Å²) in [4.78, 5) is 14.5. The Morgan fingerprint density at radius 1 is 1.21 bits per heavy atom. The molecule has 24 heavy (non-hydrogen) atoms. The standard InChI is InChI=1S/C19H18FN3O/c20-16-11-17(13-18(12-16)23-8-1-2-9-23)22-19(24)15-5-3-4-14(10-15)6-7-21/h3-5,10-13H,1-2,6,8-9H2,(H,22,24). The maximum Gasteiger partial charge on any atom is 0.255 e. The van der Waals surface area contributed by atoms with Crippen molar-refractivity contribution in [2.24, 2.45) is 0 Å². The van der Waals surface area contributed by atoms with Gasteiger partial charge in [-0.15, -0.1) is 0 Å². The van der Waals surface area contributed by atoms with Crippen molar-refractivity contribution in [3.05, 3.63) is 59.4 Å². The molecule has 0 aromatic heterocycles. The maximum absolute atomic E-state index is 13.9. The predicted octanol–water partition coefficient (Wildman–Crippen LogP) is 3.74. The summed E-state index contributed by atoms with van der Waals surface area (Å²) in [6, 6.07) is 13.6. The smallest absolute Gasteiger partial charge is 0.255 e. The number of halogens is 1. The van der Waals surface area contributed by atoms with Gasteiger partial charge in [0.15, 0.2) is 0 Å². The molecular weight excluding hydrogens is 305 g/mol. The molecule has 1 heterocycles. The summed E-state index contributed by atoms with van der Waals surface area (Å²) in [5.41, 5.74) is 2.46. The van der Waals surface area contributed by atoms with Gasteiger partial charge in [-0.3, -0.25) is 4.79 Å². The molecular formula is C19H18FN3O.